The number of aromatic nitrogens is 2. The number of rotatable bonds is 4. The third-order valence-corrected chi connectivity index (χ3v) is 1.43. The first kappa shape index (κ1) is 9.73. The summed E-state index contributed by atoms with van der Waals surface area (Å²) in [5, 5.41) is 2.96. The molecular weight excluding hydrogens is 170 g/mol. The molecule has 72 valence electrons. The Hall–Kier alpha value is -1.36. The maximum absolute atomic E-state index is 11.1. The van der Waals surface area contributed by atoms with E-state index in [4.69, 9.17) is 4.74 Å². The predicted octanol–water partition coefficient (Wildman–Crippen LogP) is 0.348. The number of nitrogens with zero attached hydrogens (tertiary/aromatic N) is 1. The molecule has 1 heterocycles. The van der Waals surface area contributed by atoms with Crippen LogP contribution >= 0.6 is 0 Å². The summed E-state index contributed by atoms with van der Waals surface area (Å²) in [6.45, 7) is 3.00. The van der Waals surface area contributed by atoms with Crippen LogP contribution in [0.15, 0.2) is 10.9 Å². The molecule has 0 bridgehead atoms. The van der Waals surface area contributed by atoms with Gasteiger partial charge < -0.3 is 15.0 Å². The smallest absolute Gasteiger partial charge is 0.253 e. The van der Waals surface area contributed by atoms with Gasteiger partial charge in [-0.1, -0.05) is 0 Å². The zero-order valence-corrected chi connectivity index (χ0v) is 7.76. The monoisotopic (exact) mass is 183 g/mol. The number of H-pyrrole nitrogens is 1. The fourth-order valence-electron chi connectivity index (χ4n) is 0.985. The molecule has 0 aliphatic carbocycles. The predicted molar refractivity (Wildman–Crippen MR) is 49.7 cm³/mol. The third kappa shape index (κ3) is 2.87. The van der Waals surface area contributed by atoms with E-state index in [1.165, 1.54) is 6.07 Å². The van der Waals surface area contributed by atoms with Gasteiger partial charge in [0.2, 0.25) is 0 Å². The van der Waals surface area contributed by atoms with Crippen LogP contribution in [-0.4, -0.2) is 23.6 Å². The van der Waals surface area contributed by atoms with Gasteiger partial charge in [0.15, 0.2) is 0 Å². The van der Waals surface area contributed by atoms with Gasteiger partial charge in [0.1, 0.15) is 18.2 Å². The highest BCUT2D eigenvalue weighted by molar-refractivity contribution is 5.32. The average Bonchev–Trinajstić information content (AvgIpc) is 2.04. The molecule has 13 heavy (non-hydrogen) atoms. The zero-order valence-electron chi connectivity index (χ0n) is 7.76. The van der Waals surface area contributed by atoms with E-state index < -0.39 is 0 Å². The summed E-state index contributed by atoms with van der Waals surface area (Å²) in [6, 6.07) is 1.42. The first-order chi connectivity index (χ1) is 6.26. The van der Waals surface area contributed by atoms with Gasteiger partial charge in [-0.25, -0.2) is 4.98 Å². The summed E-state index contributed by atoms with van der Waals surface area (Å²) < 4.78 is 4.86. The molecule has 0 aliphatic heterocycles. The molecule has 0 amide bonds. The molecule has 0 aromatic carbocycles. The van der Waals surface area contributed by atoms with Crippen LogP contribution in [0.3, 0.4) is 0 Å². The van der Waals surface area contributed by atoms with E-state index >= 15 is 0 Å². The van der Waals surface area contributed by atoms with Crippen molar-refractivity contribution in [2.45, 2.75) is 13.5 Å². The van der Waals surface area contributed by atoms with Crippen molar-refractivity contribution in [1.82, 2.24) is 9.97 Å². The van der Waals surface area contributed by atoms with E-state index in [9.17, 15) is 4.79 Å². The minimum Gasteiger partial charge on any atom is -0.377 e. The van der Waals surface area contributed by atoms with Crippen molar-refractivity contribution >= 4 is 5.82 Å². The Morgan fingerprint density at radius 2 is 2.46 bits per heavy atom. The number of aromatic amines is 1. The summed E-state index contributed by atoms with van der Waals surface area (Å²) in [5.74, 6) is 1.12. The normalized spacial score (nSPS) is 10.0. The van der Waals surface area contributed by atoms with Gasteiger partial charge in [0, 0.05) is 19.7 Å². The Morgan fingerprint density at radius 1 is 1.69 bits per heavy atom. The lowest BCUT2D eigenvalue weighted by atomic mass is 10.5. The van der Waals surface area contributed by atoms with Crippen LogP contribution in [0.4, 0.5) is 5.82 Å². The third-order valence-electron chi connectivity index (χ3n) is 1.43. The van der Waals surface area contributed by atoms with Gasteiger partial charge in [0.25, 0.3) is 5.56 Å². The molecule has 5 nitrogen and oxygen atoms in total. The minimum atomic E-state index is -0.169. The molecular formula is C8H13N3O2. The minimum absolute atomic E-state index is 0.169. The van der Waals surface area contributed by atoms with Crippen LogP contribution in [0.25, 0.3) is 0 Å². The van der Waals surface area contributed by atoms with Crippen LogP contribution in [0.1, 0.15) is 12.7 Å². The molecule has 0 unspecified atom stereocenters. The maximum atomic E-state index is 11.1. The van der Waals surface area contributed by atoms with Gasteiger partial charge in [-0.15, -0.1) is 0 Å². The standard InChI is InChI=1S/C8H13N3O2/c1-3-9-6-4-8(12)11-7(10-6)5-13-2/h4H,3,5H2,1-2H3,(H2,9,10,11,12). The van der Waals surface area contributed by atoms with Crippen molar-refractivity contribution in [1.29, 1.82) is 0 Å². The Bertz CT molecular complexity index is 294. The average molecular weight is 183 g/mol. The Kier molecular flexibility index (Phi) is 3.45. The summed E-state index contributed by atoms with van der Waals surface area (Å²) in [7, 11) is 1.56. The van der Waals surface area contributed by atoms with Crippen molar-refractivity contribution in [3.63, 3.8) is 0 Å². The maximum Gasteiger partial charge on any atom is 0.253 e. The van der Waals surface area contributed by atoms with Gasteiger partial charge in [-0.2, -0.15) is 0 Å². The highest BCUT2D eigenvalue weighted by Crippen LogP contribution is 1.98. The van der Waals surface area contributed by atoms with Gasteiger partial charge >= 0.3 is 0 Å². The van der Waals surface area contributed by atoms with Crippen molar-refractivity contribution in [2.75, 3.05) is 19.0 Å². The van der Waals surface area contributed by atoms with Crippen LogP contribution < -0.4 is 10.9 Å². The lowest BCUT2D eigenvalue weighted by Crippen LogP contribution is -2.13. The first-order valence-corrected chi connectivity index (χ1v) is 4.09. The fourth-order valence-corrected chi connectivity index (χ4v) is 0.985. The van der Waals surface area contributed by atoms with E-state index in [0.29, 0.717) is 18.2 Å². The van der Waals surface area contributed by atoms with Gasteiger partial charge in [-0.3, -0.25) is 4.79 Å². The Morgan fingerprint density at radius 3 is 3.08 bits per heavy atom. The van der Waals surface area contributed by atoms with E-state index in [-0.39, 0.29) is 5.56 Å². The first-order valence-electron chi connectivity index (χ1n) is 4.09. The second-order valence-corrected chi connectivity index (χ2v) is 2.54. The molecule has 0 saturated heterocycles. The lowest BCUT2D eigenvalue weighted by molar-refractivity contribution is 0.177. The Balaban J connectivity index is 2.90. The number of hydrogen-bond donors (Lipinski definition) is 2. The summed E-state index contributed by atoms with van der Waals surface area (Å²) in [5.41, 5.74) is -0.169. The van der Waals surface area contributed by atoms with Crippen LogP contribution in [-0.2, 0) is 11.3 Å². The SMILES string of the molecule is CCNc1cc(=O)[nH]c(COC)n1. The molecule has 2 N–H and O–H groups in total. The number of nitrogens with one attached hydrogen (secondary N) is 2. The van der Waals surface area contributed by atoms with Crippen LogP contribution in [0.5, 0.6) is 0 Å². The lowest BCUT2D eigenvalue weighted by Gasteiger charge is -2.03. The summed E-state index contributed by atoms with van der Waals surface area (Å²) in [6.07, 6.45) is 0. The zero-order chi connectivity index (χ0) is 9.68. The van der Waals surface area contributed by atoms with Crippen molar-refractivity contribution in [3.8, 4) is 0 Å². The number of ether oxygens (including phenoxy) is 1. The fraction of sp³-hybridized carbons (Fsp3) is 0.500. The number of anilines is 1. The molecule has 0 fully saturated rings. The molecule has 0 saturated carbocycles. The van der Waals surface area contributed by atoms with E-state index in [1.54, 1.807) is 7.11 Å². The molecule has 0 spiro atoms. The molecule has 5 heteroatoms. The number of hydrogen-bond acceptors (Lipinski definition) is 4. The van der Waals surface area contributed by atoms with E-state index in [2.05, 4.69) is 15.3 Å². The second kappa shape index (κ2) is 4.61. The highest BCUT2D eigenvalue weighted by Gasteiger charge is 1.98. The molecule has 0 atom stereocenters. The van der Waals surface area contributed by atoms with Gasteiger partial charge in [-0.05, 0) is 6.92 Å². The molecule has 1 aromatic rings. The van der Waals surface area contributed by atoms with Crippen molar-refractivity contribution in [2.24, 2.45) is 0 Å². The quantitative estimate of drug-likeness (QED) is 0.706. The molecule has 1 aromatic heterocycles. The van der Waals surface area contributed by atoms with Crippen LogP contribution in [0, 0.1) is 0 Å². The molecule has 0 radical (unpaired) electrons. The second-order valence-electron chi connectivity index (χ2n) is 2.54. The topological polar surface area (TPSA) is 67.0 Å². The van der Waals surface area contributed by atoms with Crippen molar-refractivity contribution in [3.05, 3.63) is 22.2 Å². The van der Waals surface area contributed by atoms with Crippen molar-refractivity contribution < 1.29 is 4.74 Å². The van der Waals surface area contributed by atoms with Crippen LogP contribution in [0.2, 0.25) is 0 Å². The molecule has 0 aliphatic rings. The number of methoxy groups -OCH3 is 1. The summed E-state index contributed by atoms with van der Waals surface area (Å²) >= 11 is 0. The Labute approximate surface area is 76.2 Å². The summed E-state index contributed by atoms with van der Waals surface area (Å²) in [4.78, 5) is 17.8. The highest BCUT2D eigenvalue weighted by atomic mass is 16.5. The van der Waals surface area contributed by atoms with E-state index in [0.717, 1.165) is 6.54 Å². The van der Waals surface area contributed by atoms with Gasteiger partial charge in [0.05, 0.1) is 0 Å². The molecule has 1 rings (SSSR count). The largest absolute Gasteiger partial charge is 0.377 e. The van der Waals surface area contributed by atoms with E-state index in [1.807, 2.05) is 6.92 Å².